The standard InChI is InChI=1S/C21H26N2O3/c1-20(2)17-9-10-23(11-12-25-3)19(24)21(17,16-7-5-4-6-8-16)13-15-14-22-26-18(15)20/h4-8,14,17H,9-13H2,1-3H3. The Bertz CT molecular complexity index is 799. The number of carbonyl (C=O) groups is 1. The number of nitrogens with zero attached hydrogens (tertiary/aromatic N) is 2. The number of rotatable bonds is 4. The van der Waals surface area contributed by atoms with Gasteiger partial charge in [-0.3, -0.25) is 4.79 Å². The monoisotopic (exact) mass is 354 g/mol. The summed E-state index contributed by atoms with van der Waals surface area (Å²) in [6.45, 7) is 6.33. The molecule has 0 radical (unpaired) electrons. The van der Waals surface area contributed by atoms with Gasteiger partial charge in [0.2, 0.25) is 5.91 Å². The Morgan fingerprint density at radius 2 is 2.08 bits per heavy atom. The molecule has 0 spiro atoms. The highest BCUT2D eigenvalue weighted by atomic mass is 16.5. The Labute approximate surface area is 154 Å². The van der Waals surface area contributed by atoms with Crippen LogP contribution < -0.4 is 0 Å². The molecule has 1 aliphatic carbocycles. The molecule has 0 bridgehead atoms. The van der Waals surface area contributed by atoms with Gasteiger partial charge in [0.15, 0.2) is 0 Å². The molecular weight excluding hydrogens is 328 g/mol. The summed E-state index contributed by atoms with van der Waals surface area (Å²) < 4.78 is 10.9. The Balaban J connectivity index is 1.88. The molecule has 138 valence electrons. The molecule has 1 aliphatic heterocycles. The predicted octanol–water partition coefficient (Wildman–Crippen LogP) is 2.94. The molecule has 1 fully saturated rings. The van der Waals surface area contributed by atoms with Gasteiger partial charge in [-0.25, -0.2) is 0 Å². The van der Waals surface area contributed by atoms with Crippen LogP contribution >= 0.6 is 0 Å². The van der Waals surface area contributed by atoms with Crippen LogP contribution in [0.25, 0.3) is 0 Å². The number of aromatic nitrogens is 1. The molecule has 2 unspecified atom stereocenters. The lowest BCUT2D eigenvalue weighted by atomic mass is 9.51. The molecule has 4 rings (SSSR count). The summed E-state index contributed by atoms with van der Waals surface area (Å²) in [4.78, 5) is 15.8. The van der Waals surface area contributed by atoms with E-state index >= 15 is 0 Å². The van der Waals surface area contributed by atoms with Crippen molar-refractivity contribution in [3.05, 3.63) is 53.4 Å². The van der Waals surface area contributed by atoms with Crippen LogP contribution in [0.5, 0.6) is 0 Å². The van der Waals surface area contributed by atoms with Gasteiger partial charge in [0.1, 0.15) is 5.76 Å². The molecule has 0 saturated carbocycles. The third-order valence-electron chi connectivity index (χ3n) is 6.38. The molecule has 2 heterocycles. The number of benzene rings is 1. The number of hydrogen-bond donors (Lipinski definition) is 0. The van der Waals surface area contributed by atoms with E-state index in [1.807, 2.05) is 23.1 Å². The fourth-order valence-electron chi connectivity index (χ4n) is 5.19. The zero-order valence-electron chi connectivity index (χ0n) is 15.7. The fraction of sp³-hybridized carbons (Fsp3) is 0.524. The summed E-state index contributed by atoms with van der Waals surface area (Å²) in [6.07, 6.45) is 3.38. The van der Waals surface area contributed by atoms with Gasteiger partial charge in [0.25, 0.3) is 0 Å². The number of hydrogen-bond acceptors (Lipinski definition) is 4. The van der Waals surface area contributed by atoms with Gasteiger partial charge in [-0.15, -0.1) is 0 Å². The van der Waals surface area contributed by atoms with Crippen molar-refractivity contribution < 1.29 is 14.1 Å². The molecule has 2 aliphatic rings. The Morgan fingerprint density at radius 1 is 1.31 bits per heavy atom. The second kappa shape index (κ2) is 6.23. The Hall–Kier alpha value is -2.14. The van der Waals surface area contributed by atoms with Crippen LogP contribution in [0.1, 0.15) is 37.2 Å². The third kappa shape index (κ3) is 2.33. The van der Waals surface area contributed by atoms with Crippen molar-refractivity contribution in [3.8, 4) is 0 Å². The van der Waals surface area contributed by atoms with E-state index in [9.17, 15) is 4.79 Å². The number of methoxy groups -OCH3 is 1. The van der Waals surface area contributed by atoms with Gasteiger partial charge in [-0.1, -0.05) is 49.3 Å². The van der Waals surface area contributed by atoms with Gasteiger partial charge in [-0.2, -0.15) is 0 Å². The Morgan fingerprint density at radius 3 is 2.81 bits per heavy atom. The highest BCUT2D eigenvalue weighted by molar-refractivity contribution is 5.90. The summed E-state index contributed by atoms with van der Waals surface area (Å²) in [6, 6.07) is 10.2. The number of carbonyl (C=O) groups excluding carboxylic acids is 1. The second-order valence-corrected chi connectivity index (χ2v) is 8.04. The minimum Gasteiger partial charge on any atom is -0.383 e. The van der Waals surface area contributed by atoms with Crippen LogP contribution in [-0.2, 0) is 26.8 Å². The molecule has 1 aromatic heterocycles. The van der Waals surface area contributed by atoms with Crippen LogP contribution in [-0.4, -0.2) is 42.8 Å². The summed E-state index contributed by atoms with van der Waals surface area (Å²) in [7, 11) is 1.68. The van der Waals surface area contributed by atoms with Crippen molar-refractivity contribution in [2.75, 3.05) is 26.8 Å². The van der Waals surface area contributed by atoms with E-state index in [1.54, 1.807) is 13.3 Å². The number of likely N-dealkylation sites (tertiary alicyclic amines) is 1. The van der Waals surface area contributed by atoms with E-state index in [-0.39, 0.29) is 17.2 Å². The molecular formula is C21H26N2O3. The number of fused-ring (bicyclic) bond motifs is 2. The SMILES string of the molecule is COCCN1CCC2C(C)(C)c3oncc3CC2(c2ccccc2)C1=O. The fourth-order valence-corrected chi connectivity index (χ4v) is 5.19. The van der Waals surface area contributed by atoms with Gasteiger partial charge < -0.3 is 14.2 Å². The first kappa shape index (κ1) is 17.3. The first-order valence-electron chi connectivity index (χ1n) is 9.29. The predicted molar refractivity (Wildman–Crippen MR) is 97.9 cm³/mol. The first-order valence-corrected chi connectivity index (χ1v) is 9.29. The maximum atomic E-state index is 13.8. The Kier molecular flexibility index (Phi) is 4.14. The van der Waals surface area contributed by atoms with Gasteiger partial charge >= 0.3 is 0 Å². The van der Waals surface area contributed by atoms with Gasteiger partial charge in [0, 0.05) is 31.2 Å². The lowest BCUT2D eigenvalue weighted by molar-refractivity contribution is -0.148. The molecule has 5 heteroatoms. The van der Waals surface area contributed by atoms with Crippen molar-refractivity contribution in [3.63, 3.8) is 0 Å². The normalized spacial score (nSPS) is 27.1. The molecule has 1 amide bonds. The lowest BCUT2D eigenvalue weighted by Gasteiger charge is -2.55. The van der Waals surface area contributed by atoms with E-state index in [2.05, 4.69) is 31.1 Å². The zero-order valence-corrected chi connectivity index (χ0v) is 15.7. The van der Waals surface area contributed by atoms with Crippen LogP contribution in [0.15, 0.2) is 41.1 Å². The van der Waals surface area contributed by atoms with Gasteiger partial charge in [-0.05, 0) is 24.3 Å². The maximum Gasteiger partial charge on any atom is 0.233 e. The topological polar surface area (TPSA) is 55.6 Å². The van der Waals surface area contributed by atoms with Crippen molar-refractivity contribution in [1.82, 2.24) is 10.1 Å². The number of ether oxygens (including phenoxy) is 1. The minimum atomic E-state index is -0.574. The smallest absolute Gasteiger partial charge is 0.233 e. The number of piperidine rings is 1. The minimum absolute atomic E-state index is 0.171. The van der Waals surface area contributed by atoms with Crippen LogP contribution in [0, 0.1) is 5.92 Å². The van der Waals surface area contributed by atoms with Crippen molar-refractivity contribution in [1.29, 1.82) is 0 Å². The molecule has 1 aromatic carbocycles. The summed E-state index contributed by atoms with van der Waals surface area (Å²) in [5, 5.41) is 4.06. The van der Waals surface area contributed by atoms with Crippen molar-refractivity contribution >= 4 is 5.91 Å². The molecule has 0 N–H and O–H groups in total. The molecule has 2 atom stereocenters. The molecule has 2 aromatic rings. The van der Waals surface area contributed by atoms with E-state index < -0.39 is 5.41 Å². The van der Waals surface area contributed by atoms with Crippen LogP contribution in [0.4, 0.5) is 0 Å². The quantitative estimate of drug-likeness (QED) is 0.847. The average Bonchev–Trinajstić information content (AvgIpc) is 3.12. The van der Waals surface area contributed by atoms with Crippen molar-refractivity contribution in [2.24, 2.45) is 5.92 Å². The summed E-state index contributed by atoms with van der Waals surface area (Å²) >= 11 is 0. The van der Waals surface area contributed by atoms with Gasteiger partial charge in [0.05, 0.1) is 18.2 Å². The van der Waals surface area contributed by atoms with E-state index in [0.717, 1.165) is 29.9 Å². The molecule has 26 heavy (non-hydrogen) atoms. The summed E-state index contributed by atoms with van der Waals surface area (Å²) in [5.74, 6) is 1.31. The number of amides is 1. The maximum absolute atomic E-state index is 13.8. The van der Waals surface area contributed by atoms with E-state index in [0.29, 0.717) is 19.6 Å². The third-order valence-corrected chi connectivity index (χ3v) is 6.38. The second-order valence-electron chi connectivity index (χ2n) is 8.04. The lowest BCUT2D eigenvalue weighted by Crippen LogP contribution is -2.63. The molecule has 1 saturated heterocycles. The van der Waals surface area contributed by atoms with E-state index in [4.69, 9.17) is 9.26 Å². The van der Waals surface area contributed by atoms with Crippen molar-refractivity contribution in [2.45, 2.75) is 37.5 Å². The highest BCUT2D eigenvalue weighted by Crippen LogP contribution is 2.55. The largest absolute Gasteiger partial charge is 0.383 e. The highest BCUT2D eigenvalue weighted by Gasteiger charge is 2.61. The molecule has 5 nitrogen and oxygen atoms in total. The zero-order chi connectivity index (χ0) is 18.4. The van der Waals surface area contributed by atoms with Crippen LogP contribution in [0.2, 0.25) is 0 Å². The van der Waals surface area contributed by atoms with Crippen LogP contribution in [0.3, 0.4) is 0 Å². The first-order chi connectivity index (χ1) is 12.5. The van der Waals surface area contributed by atoms with E-state index in [1.165, 1.54) is 0 Å². The average molecular weight is 354 g/mol. The summed E-state index contributed by atoms with van der Waals surface area (Å²) in [5.41, 5.74) is 1.33.